The van der Waals surface area contributed by atoms with Gasteiger partial charge in [-0.2, -0.15) is 0 Å². The van der Waals surface area contributed by atoms with Crippen LogP contribution in [0.1, 0.15) is 62.4 Å². The maximum absolute atomic E-state index is 11.5. The molecule has 3 aliphatic rings. The summed E-state index contributed by atoms with van der Waals surface area (Å²) in [5.41, 5.74) is 3.84. The van der Waals surface area contributed by atoms with Crippen LogP contribution in [-0.4, -0.2) is 62.3 Å². The number of carbonyl (C=O) groups is 1. The fourth-order valence-corrected chi connectivity index (χ4v) is 7.39. The van der Waals surface area contributed by atoms with E-state index in [0.29, 0.717) is 31.2 Å². The molecule has 0 aliphatic carbocycles. The van der Waals surface area contributed by atoms with E-state index in [-0.39, 0.29) is 5.41 Å². The van der Waals surface area contributed by atoms with Crippen molar-refractivity contribution in [3.05, 3.63) is 66.0 Å². The summed E-state index contributed by atoms with van der Waals surface area (Å²) in [6.07, 6.45) is 7.12. The van der Waals surface area contributed by atoms with Gasteiger partial charge in [0, 0.05) is 31.2 Å². The first-order valence-electron chi connectivity index (χ1n) is 13.3. The number of aryl methyl sites for hydroxylation is 1. The largest absolute Gasteiger partial charge is 0.465 e. The maximum Gasteiger partial charge on any atom is 0.407 e. The van der Waals surface area contributed by atoms with Gasteiger partial charge in [0.2, 0.25) is 0 Å². The van der Waals surface area contributed by atoms with E-state index in [2.05, 4.69) is 71.0 Å². The maximum atomic E-state index is 11.5. The first-order valence-corrected chi connectivity index (χ1v) is 13.3. The van der Waals surface area contributed by atoms with Crippen LogP contribution in [0.2, 0.25) is 0 Å². The van der Waals surface area contributed by atoms with Crippen LogP contribution in [-0.2, 0) is 5.41 Å². The summed E-state index contributed by atoms with van der Waals surface area (Å²) in [7, 11) is 0. The molecule has 3 fully saturated rings. The minimum Gasteiger partial charge on any atom is -0.465 e. The highest BCUT2D eigenvalue weighted by molar-refractivity contribution is 5.76. The molecule has 0 spiro atoms. The molecule has 2 bridgehead atoms. The number of piperidine rings is 2. The Morgan fingerprint density at radius 1 is 0.971 bits per heavy atom. The Morgan fingerprint density at radius 3 is 2.31 bits per heavy atom. The lowest BCUT2D eigenvalue weighted by atomic mass is 9.70. The topological polar surface area (TPSA) is 61.6 Å². The molecule has 6 nitrogen and oxygen atoms in total. The number of aromatic nitrogens is 2. The standard InChI is InChI=1S/C29H36N4O2/c1-21-30-26-9-5-6-10-27(26)33(21)25-19-23-11-12-24(20-25)32(23)18-15-29(22-7-3-2-4-8-22)13-16-31(17-14-29)28(34)35/h2-10,23-25H,11-20H2,1H3,(H,34,35). The van der Waals surface area contributed by atoms with Gasteiger partial charge in [-0.1, -0.05) is 42.5 Å². The van der Waals surface area contributed by atoms with Crippen molar-refractivity contribution in [3.63, 3.8) is 0 Å². The summed E-state index contributed by atoms with van der Waals surface area (Å²) < 4.78 is 2.51. The van der Waals surface area contributed by atoms with Crippen molar-refractivity contribution >= 4 is 17.1 Å². The van der Waals surface area contributed by atoms with Gasteiger partial charge in [-0.3, -0.25) is 4.90 Å². The van der Waals surface area contributed by atoms with Gasteiger partial charge in [0.15, 0.2) is 0 Å². The molecule has 3 saturated heterocycles. The predicted octanol–water partition coefficient (Wildman–Crippen LogP) is 5.61. The Bertz CT molecular complexity index is 1180. The van der Waals surface area contributed by atoms with E-state index < -0.39 is 6.09 Å². The van der Waals surface area contributed by atoms with Crippen LogP contribution in [0.3, 0.4) is 0 Å². The van der Waals surface area contributed by atoms with Crippen LogP contribution in [0.4, 0.5) is 4.79 Å². The van der Waals surface area contributed by atoms with Gasteiger partial charge in [0.1, 0.15) is 5.82 Å². The highest BCUT2D eigenvalue weighted by Gasteiger charge is 2.44. The van der Waals surface area contributed by atoms with E-state index in [1.165, 1.54) is 36.8 Å². The normalized spacial score (nSPS) is 26.3. The van der Waals surface area contributed by atoms with E-state index in [4.69, 9.17) is 4.98 Å². The van der Waals surface area contributed by atoms with Gasteiger partial charge < -0.3 is 14.6 Å². The zero-order chi connectivity index (χ0) is 24.0. The van der Waals surface area contributed by atoms with Crippen LogP contribution in [0.25, 0.3) is 11.0 Å². The zero-order valence-corrected chi connectivity index (χ0v) is 20.6. The Morgan fingerprint density at radius 2 is 1.63 bits per heavy atom. The van der Waals surface area contributed by atoms with Crippen molar-refractivity contribution in [2.75, 3.05) is 19.6 Å². The molecule has 1 aromatic heterocycles. The molecule has 2 unspecified atom stereocenters. The van der Waals surface area contributed by atoms with E-state index in [1.807, 2.05) is 0 Å². The van der Waals surface area contributed by atoms with Crippen LogP contribution < -0.4 is 0 Å². The molecule has 3 aromatic rings. The second-order valence-corrected chi connectivity index (χ2v) is 10.9. The van der Waals surface area contributed by atoms with Crippen LogP contribution in [0.15, 0.2) is 54.6 Å². The third-order valence-electron chi connectivity index (χ3n) is 9.22. The van der Waals surface area contributed by atoms with Crippen molar-refractivity contribution in [3.8, 4) is 0 Å². The van der Waals surface area contributed by atoms with E-state index in [1.54, 1.807) is 4.90 Å². The SMILES string of the molecule is Cc1nc2ccccc2n1C1CC2CCC(C1)N2CCC1(c2ccccc2)CCN(C(=O)O)CC1. The van der Waals surface area contributed by atoms with Crippen molar-refractivity contribution in [1.82, 2.24) is 19.4 Å². The lowest BCUT2D eigenvalue weighted by Crippen LogP contribution is -2.48. The highest BCUT2D eigenvalue weighted by atomic mass is 16.4. The van der Waals surface area contributed by atoms with Gasteiger partial charge in [-0.25, -0.2) is 9.78 Å². The van der Waals surface area contributed by atoms with E-state index in [0.717, 1.165) is 37.1 Å². The minimum absolute atomic E-state index is 0.0701. The molecule has 1 amide bonds. The molecule has 0 radical (unpaired) electrons. The highest BCUT2D eigenvalue weighted by Crippen LogP contribution is 2.45. The quantitative estimate of drug-likeness (QED) is 0.524. The monoisotopic (exact) mass is 472 g/mol. The summed E-state index contributed by atoms with van der Waals surface area (Å²) in [4.78, 5) is 20.8. The van der Waals surface area contributed by atoms with E-state index in [9.17, 15) is 9.90 Å². The predicted molar refractivity (Wildman–Crippen MR) is 138 cm³/mol. The minimum atomic E-state index is -0.783. The van der Waals surface area contributed by atoms with Gasteiger partial charge in [-0.15, -0.1) is 0 Å². The van der Waals surface area contributed by atoms with Crippen LogP contribution >= 0.6 is 0 Å². The molecule has 1 N–H and O–H groups in total. The van der Waals surface area contributed by atoms with Crippen molar-refractivity contribution in [2.24, 2.45) is 0 Å². The number of hydrogen-bond donors (Lipinski definition) is 1. The van der Waals surface area contributed by atoms with Gasteiger partial charge in [0.25, 0.3) is 0 Å². The molecule has 6 heteroatoms. The average Bonchev–Trinajstić information content (AvgIpc) is 3.34. The lowest BCUT2D eigenvalue weighted by molar-refractivity contribution is 0.0800. The number of rotatable bonds is 5. The molecular weight excluding hydrogens is 436 g/mol. The number of nitrogens with zero attached hydrogens (tertiary/aromatic N) is 4. The Balaban J connectivity index is 1.19. The van der Waals surface area contributed by atoms with Gasteiger partial charge >= 0.3 is 6.09 Å². The summed E-state index contributed by atoms with van der Waals surface area (Å²) >= 11 is 0. The molecular formula is C29H36N4O2. The van der Waals surface area contributed by atoms with Crippen molar-refractivity contribution in [2.45, 2.75) is 75.4 Å². The second kappa shape index (κ2) is 8.98. The number of benzene rings is 2. The molecule has 0 saturated carbocycles. The first kappa shape index (κ1) is 22.6. The third-order valence-corrected chi connectivity index (χ3v) is 9.22. The van der Waals surface area contributed by atoms with Crippen LogP contribution in [0, 0.1) is 6.92 Å². The average molecular weight is 473 g/mol. The first-order chi connectivity index (χ1) is 17.0. The molecule has 6 rings (SSSR count). The molecule has 3 aliphatic heterocycles. The number of carboxylic acid groups (broad SMARTS) is 1. The summed E-state index contributed by atoms with van der Waals surface area (Å²) in [5, 5.41) is 9.49. The fraction of sp³-hybridized carbons (Fsp3) is 0.517. The number of amides is 1. The smallest absolute Gasteiger partial charge is 0.407 e. The Kier molecular flexibility index (Phi) is 5.79. The molecule has 35 heavy (non-hydrogen) atoms. The molecule has 184 valence electrons. The number of likely N-dealkylation sites (tertiary alicyclic amines) is 1. The van der Waals surface area contributed by atoms with E-state index >= 15 is 0 Å². The number of hydrogen-bond acceptors (Lipinski definition) is 3. The summed E-state index contributed by atoms with van der Waals surface area (Å²) in [6.45, 7) is 4.52. The number of fused-ring (bicyclic) bond motifs is 3. The molecule has 2 aromatic carbocycles. The fourth-order valence-electron chi connectivity index (χ4n) is 7.39. The Labute approximate surface area is 207 Å². The molecule has 2 atom stereocenters. The van der Waals surface area contributed by atoms with Crippen molar-refractivity contribution < 1.29 is 9.90 Å². The Hall–Kier alpha value is -2.86. The third kappa shape index (κ3) is 4.02. The summed E-state index contributed by atoms with van der Waals surface area (Å²) in [5.74, 6) is 1.14. The lowest BCUT2D eigenvalue weighted by Gasteiger charge is -2.45. The number of imidazole rings is 1. The zero-order valence-electron chi connectivity index (χ0n) is 20.6. The number of para-hydroxylation sites is 2. The van der Waals surface area contributed by atoms with Gasteiger partial charge in [0.05, 0.1) is 11.0 Å². The van der Waals surface area contributed by atoms with Crippen LogP contribution in [0.5, 0.6) is 0 Å². The second-order valence-electron chi connectivity index (χ2n) is 10.9. The van der Waals surface area contributed by atoms with Crippen molar-refractivity contribution in [1.29, 1.82) is 0 Å². The summed E-state index contributed by atoms with van der Waals surface area (Å²) in [6, 6.07) is 21.2. The van der Waals surface area contributed by atoms with Gasteiger partial charge in [-0.05, 0) is 81.5 Å². The molecule has 4 heterocycles.